The van der Waals surface area contributed by atoms with Crippen LogP contribution < -0.4 is 0 Å². The molecule has 0 saturated heterocycles. The van der Waals surface area contributed by atoms with Crippen LogP contribution in [-0.4, -0.2) is 15.6 Å². The van der Waals surface area contributed by atoms with Crippen molar-refractivity contribution in [2.75, 3.05) is 0 Å². The fourth-order valence-electron chi connectivity index (χ4n) is 2.11. The average Bonchev–Trinajstić information content (AvgIpc) is 2.84. The number of aryl methyl sites for hydroxylation is 2. The first kappa shape index (κ1) is 9.33. The molecule has 0 spiro atoms. The number of rotatable bonds is 1. The summed E-state index contributed by atoms with van der Waals surface area (Å²) < 4.78 is 1.75. The molecule has 2 aromatic rings. The van der Waals surface area contributed by atoms with Gasteiger partial charge in [-0.2, -0.15) is 5.10 Å². The maximum Gasteiger partial charge on any atom is 0.181 e. The van der Waals surface area contributed by atoms with Crippen molar-refractivity contribution >= 4 is 5.78 Å². The molecule has 0 aliphatic heterocycles. The third kappa shape index (κ3) is 1.28. The average molecular weight is 212 g/mol. The second-order valence-electron chi connectivity index (χ2n) is 4.19. The van der Waals surface area contributed by atoms with E-state index in [4.69, 9.17) is 0 Å². The summed E-state index contributed by atoms with van der Waals surface area (Å²) in [6.07, 6.45) is 3.26. The van der Waals surface area contributed by atoms with E-state index in [0.717, 1.165) is 23.4 Å². The molecule has 0 amide bonds. The highest BCUT2D eigenvalue weighted by Gasteiger charge is 2.25. The van der Waals surface area contributed by atoms with Crippen LogP contribution in [0.3, 0.4) is 0 Å². The van der Waals surface area contributed by atoms with Crippen LogP contribution in [0.5, 0.6) is 0 Å². The molecule has 80 valence electrons. The molecule has 0 radical (unpaired) electrons. The first-order chi connectivity index (χ1) is 7.75. The standard InChI is InChI=1S/C13H12N2O/c1-9-2-5-11(6-3-9)15-13-10(8-14-15)4-7-12(13)16/h2-3,5-6,8H,4,7H2,1H3. The minimum absolute atomic E-state index is 0.202. The zero-order valence-electron chi connectivity index (χ0n) is 9.10. The van der Waals surface area contributed by atoms with E-state index in [-0.39, 0.29) is 5.78 Å². The highest BCUT2D eigenvalue weighted by atomic mass is 16.1. The molecule has 0 unspecified atom stereocenters. The van der Waals surface area contributed by atoms with E-state index in [1.165, 1.54) is 5.56 Å². The molecule has 1 aromatic carbocycles. The number of hydrogen-bond acceptors (Lipinski definition) is 2. The van der Waals surface area contributed by atoms with E-state index < -0.39 is 0 Å². The number of carbonyl (C=O) groups excluding carboxylic acids is 1. The number of benzene rings is 1. The van der Waals surface area contributed by atoms with Crippen molar-refractivity contribution in [3.8, 4) is 5.69 Å². The number of hydrogen-bond donors (Lipinski definition) is 0. The largest absolute Gasteiger partial charge is 0.292 e. The van der Waals surface area contributed by atoms with E-state index in [9.17, 15) is 4.79 Å². The molecular weight excluding hydrogens is 200 g/mol. The Morgan fingerprint density at radius 2 is 1.94 bits per heavy atom. The van der Waals surface area contributed by atoms with E-state index in [1.54, 1.807) is 10.9 Å². The van der Waals surface area contributed by atoms with Crippen LogP contribution in [0.2, 0.25) is 0 Å². The van der Waals surface area contributed by atoms with E-state index in [2.05, 4.69) is 5.10 Å². The van der Waals surface area contributed by atoms with Crippen LogP contribution in [0, 0.1) is 6.92 Å². The number of Topliss-reactive ketones (excluding diaryl/α,β-unsaturated/α-hetero) is 1. The Balaban J connectivity index is 2.14. The van der Waals surface area contributed by atoms with Crippen LogP contribution in [0.25, 0.3) is 5.69 Å². The van der Waals surface area contributed by atoms with Crippen LogP contribution >= 0.6 is 0 Å². The predicted octanol–water partition coefficient (Wildman–Crippen LogP) is 2.31. The van der Waals surface area contributed by atoms with Gasteiger partial charge in [-0.1, -0.05) is 17.7 Å². The van der Waals surface area contributed by atoms with Crippen LogP contribution in [0.4, 0.5) is 0 Å². The fourth-order valence-corrected chi connectivity index (χ4v) is 2.11. The van der Waals surface area contributed by atoms with Crippen LogP contribution in [0.1, 0.15) is 28.0 Å². The maximum absolute atomic E-state index is 11.7. The lowest BCUT2D eigenvalue weighted by Gasteiger charge is -2.04. The van der Waals surface area contributed by atoms with Gasteiger partial charge < -0.3 is 0 Å². The van der Waals surface area contributed by atoms with E-state index >= 15 is 0 Å². The lowest BCUT2D eigenvalue weighted by atomic mass is 10.2. The summed E-state index contributed by atoms with van der Waals surface area (Å²) in [6, 6.07) is 8.05. The molecule has 1 aromatic heterocycles. The molecule has 0 atom stereocenters. The molecule has 0 saturated carbocycles. The third-order valence-electron chi connectivity index (χ3n) is 3.01. The van der Waals surface area contributed by atoms with Gasteiger partial charge >= 0.3 is 0 Å². The third-order valence-corrected chi connectivity index (χ3v) is 3.01. The quantitative estimate of drug-likeness (QED) is 0.727. The summed E-state index contributed by atoms with van der Waals surface area (Å²) in [5, 5.41) is 4.28. The summed E-state index contributed by atoms with van der Waals surface area (Å²) in [4.78, 5) is 11.7. The summed E-state index contributed by atoms with van der Waals surface area (Å²) in [7, 11) is 0. The summed E-state index contributed by atoms with van der Waals surface area (Å²) in [5.74, 6) is 0.202. The fraction of sp³-hybridized carbons (Fsp3) is 0.231. The van der Waals surface area contributed by atoms with Crippen LogP contribution in [-0.2, 0) is 6.42 Å². The zero-order chi connectivity index (χ0) is 11.1. The topological polar surface area (TPSA) is 34.9 Å². The van der Waals surface area contributed by atoms with Crippen molar-refractivity contribution in [2.45, 2.75) is 19.8 Å². The Kier molecular flexibility index (Phi) is 1.93. The SMILES string of the molecule is Cc1ccc(-n2ncc3c2C(=O)CC3)cc1. The number of nitrogens with zero attached hydrogens (tertiary/aromatic N) is 2. The molecule has 1 aliphatic rings. The van der Waals surface area contributed by atoms with Gasteiger partial charge in [0.15, 0.2) is 5.78 Å². The molecule has 0 bridgehead atoms. The first-order valence-electron chi connectivity index (χ1n) is 5.43. The first-order valence-corrected chi connectivity index (χ1v) is 5.43. The van der Waals surface area contributed by atoms with Gasteiger partial charge in [0.2, 0.25) is 0 Å². The molecule has 16 heavy (non-hydrogen) atoms. The van der Waals surface area contributed by atoms with Gasteiger partial charge in [-0.25, -0.2) is 4.68 Å². The van der Waals surface area contributed by atoms with Crippen molar-refractivity contribution in [1.29, 1.82) is 0 Å². The Labute approximate surface area is 93.7 Å². The minimum atomic E-state index is 0.202. The highest BCUT2D eigenvalue weighted by molar-refractivity contribution is 5.99. The van der Waals surface area contributed by atoms with Crippen molar-refractivity contribution < 1.29 is 4.79 Å². The summed E-state index contributed by atoms with van der Waals surface area (Å²) in [5.41, 5.74) is 4.01. The van der Waals surface area contributed by atoms with Crippen molar-refractivity contribution in [3.05, 3.63) is 47.3 Å². The molecule has 3 rings (SSSR count). The minimum Gasteiger partial charge on any atom is -0.292 e. The highest BCUT2D eigenvalue weighted by Crippen LogP contribution is 2.24. The molecular formula is C13H12N2O. The monoisotopic (exact) mass is 212 g/mol. The smallest absolute Gasteiger partial charge is 0.181 e. The van der Waals surface area contributed by atoms with Gasteiger partial charge in [0, 0.05) is 12.0 Å². The number of aromatic nitrogens is 2. The number of fused-ring (bicyclic) bond motifs is 1. The molecule has 0 fully saturated rings. The second kappa shape index (κ2) is 3.30. The lowest BCUT2D eigenvalue weighted by molar-refractivity contribution is 0.0987. The summed E-state index contributed by atoms with van der Waals surface area (Å²) in [6.45, 7) is 2.04. The summed E-state index contributed by atoms with van der Waals surface area (Å²) >= 11 is 0. The Morgan fingerprint density at radius 1 is 1.19 bits per heavy atom. The van der Waals surface area contributed by atoms with Crippen LogP contribution in [0.15, 0.2) is 30.5 Å². The Morgan fingerprint density at radius 3 is 2.69 bits per heavy atom. The lowest BCUT2D eigenvalue weighted by Crippen LogP contribution is -2.05. The van der Waals surface area contributed by atoms with Crippen molar-refractivity contribution in [3.63, 3.8) is 0 Å². The van der Waals surface area contributed by atoms with Gasteiger partial charge in [0.25, 0.3) is 0 Å². The van der Waals surface area contributed by atoms with Gasteiger partial charge in [0.05, 0.1) is 11.9 Å². The maximum atomic E-state index is 11.7. The normalized spacial score (nSPS) is 14.2. The van der Waals surface area contributed by atoms with E-state index in [0.29, 0.717) is 6.42 Å². The second-order valence-corrected chi connectivity index (χ2v) is 4.19. The molecule has 3 heteroatoms. The van der Waals surface area contributed by atoms with E-state index in [1.807, 2.05) is 31.2 Å². The van der Waals surface area contributed by atoms with Gasteiger partial charge in [0.1, 0.15) is 5.69 Å². The van der Waals surface area contributed by atoms with Gasteiger partial charge in [-0.15, -0.1) is 0 Å². The molecule has 3 nitrogen and oxygen atoms in total. The predicted molar refractivity (Wildman–Crippen MR) is 61.0 cm³/mol. The number of carbonyl (C=O) groups is 1. The van der Waals surface area contributed by atoms with Crippen molar-refractivity contribution in [1.82, 2.24) is 9.78 Å². The van der Waals surface area contributed by atoms with Crippen molar-refractivity contribution in [2.24, 2.45) is 0 Å². The zero-order valence-corrected chi connectivity index (χ0v) is 9.10. The molecule has 1 heterocycles. The molecule has 0 N–H and O–H groups in total. The molecule has 1 aliphatic carbocycles. The number of ketones is 1. The van der Waals surface area contributed by atoms with Gasteiger partial charge in [-0.3, -0.25) is 4.79 Å². The Bertz CT molecular complexity index is 552. The Hall–Kier alpha value is -1.90. The van der Waals surface area contributed by atoms with Gasteiger partial charge in [-0.05, 0) is 25.5 Å².